The SMILES string of the molecule is Nc1c(/C=C2/C=CC(=O)C(O)=C2)c(=O)nc2sc(CC(=O)N3CCCC3)nn12. The zero-order valence-corrected chi connectivity index (χ0v) is 15.6. The van der Waals surface area contributed by atoms with E-state index in [1.165, 1.54) is 28.8 Å². The summed E-state index contributed by atoms with van der Waals surface area (Å²) >= 11 is 1.15. The molecule has 0 spiro atoms. The minimum absolute atomic E-state index is 0.00182. The lowest BCUT2D eigenvalue weighted by molar-refractivity contribution is -0.129. The fourth-order valence-electron chi connectivity index (χ4n) is 3.13. The average Bonchev–Trinajstić information content (AvgIpc) is 3.31. The number of fused-ring (bicyclic) bond motifs is 1. The molecule has 3 N–H and O–H groups in total. The molecule has 2 aromatic heterocycles. The van der Waals surface area contributed by atoms with Gasteiger partial charge in [0.05, 0.1) is 12.0 Å². The number of nitrogen functional groups attached to an aromatic ring is 1. The van der Waals surface area contributed by atoms with Crippen LogP contribution in [0.4, 0.5) is 5.82 Å². The van der Waals surface area contributed by atoms with Crippen molar-refractivity contribution in [2.75, 3.05) is 18.8 Å². The molecular formula is C18H17N5O4S. The first-order valence-corrected chi connectivity index (χ1v) is 9.55. The second kappa shape index (κ2) is 7.04. The predicted molar refractivity (Wildman–Crippen MR) is 104 cm³/mol. The lowest BCUT2D eigenvalue weighted by Gasteiger charge is -2.13. The Bertz CT molecular complexity index is 1130. The van der Waals surface area contributed by atoms with E-state index in [2.05, 4.69) is 10.1 Å². The smallest absolute Gasteiger partial charge is 0.283 e. The van der Waals surface area contributed by atoms with Crippen molar-refractivity contribution in [1.29, 1.82) is 0 Å². The lowest BCUT2D eigenvalue weighted by atomic mass is 10.1. The van der Waals surface area contributed by atoms with Crippen LogP contribution >= 0.6 is 11.3 Å². The van der Waals surface area contributed by atoms with E-state index < -0.39 is 17.1 Å². The van der Waals surface area contributed by atoms with Gasteiger partial charge in [0.15, 0.2) is 5.76 Å². The summed E-state index contributed by atoms with van der Waals surface area (Å²) in [4.78, 5) is 42.1. The van der Waals surface area contributed by atoms with Crippen LogP contribution in [0, 0.1) is 0 Å². The number of rotatable bonds is 3. The van der Waals surface area contributed by atoms with Crippen LogP contribution in [0.5, 0.6) is 0 Å². The Labute approximate surface area is 163 Å². The maximum Gasteiger partial charge on any atom is 0.283 e. The molecule has 10 heteroatoms. The van der Waals surface area contributed by atoms with Gasteiger partial charge < -0.3 is 15.7 Å². The molecule has 2 aromatic rings. The number of aliphatic hydroxyl groups excluding tert-OH is 1. The highest BCUT2D eigenvalue weighted by Gasteiger charge is 2.21. The molecule has 1 fully saturated rings. The second-order valence-corrected chi connectivity index (χ2v) is 7.58. The number of ketones is 1. The quantitative estimate of drug-likeness (QED) is 0.783. The molecule has 0 unspecified atom stereocenters. The third-order valence-corrected chi connectivity index (χ3v) is 5.50. The van der Waals surface area contributed by atoms with Gasteiger partial charge in [-0.15, -0.1) is 0 Å². The summed E-state index contributed by atoms with van der Waals surface area (Å²) in [6, 6.07) is 0. The number of nitrogens with zero attached hydrogens (tertiary/aromatic N) is 4. The number of aromatic nitrogens is 3. The summed E-state index contributed by atoms with van der Waals surface area (Å²) in [5, 5.41) is 14.4. The molecule has 2 aliphatic rings. The van der Waals surface area contributed by atoms with Gasteiger partial charge in [0.2, 0.25) is 16.7 Å². The molecule has 144 valence electrons. The molecule has 28 heavy (non-hydrogen) atoms. The number of aliphatic hydroxyl groups is 1. The van der Waals surface area contributed by atoms with Gasteiger partial charge in [-0.25, -0.2) is 0 Å². The third-order valence-electron chi connectivity index (χ3n) is 4.59. The molecule has 3 heterocycles. The highest BCUT2D eigenvalue weighted by molar-refractivity contribution is 7.16. The number of hydrogen-bond acceptors (Lipinski definition) is 8. The summed E-state index contributed by atoms with van der Waals surface area (Å²) in [7, 11) is 0. The molecule has 0 bridgehead atoms. The van der Waals surface area contributed by atoms with Gasteiger partial charge >= 0.3 is 0 Å². The number of amides is 1. The maximum absolute atomic E-state index is 12.4. The Balaban J connectivity index is 1.68. The topological polar surface area (TPSA) is 131 Å². The predicted octanol–water partition coefficient (Wildman–Crippen LogP) is 0.862. The molecule has 0 aromatic carbocycles. The van der Waals surface area contributed by atoms with Crippen molar-refractivity contribution >= 4 is 39.9 Å². The first-order valence-electron chi connectivity index (χ1n) is 8.73. The first-order chi connectivity index (χ1) is 13.4. The number of carbonyl (C=O) groups excluding carboxylic acids is 2. The molecule has 1 amide bonds. The number of carbonyl (C=O) groups is 2. The van der Waals surface area contributed by atoms with Crippen LogP contribution in [0.25, 0.3) is 11.0 Å². The van der Waals surface area contributed by atoms with E-state index in [1.54, 1.807) is 4.90 Å². The summed E-state index contributed by atoms with van der Waals surface area (Å²) in [5.41, 5.74) is 6.09. The average molecular weight is 399 g/mol. The number of anilines is 1. The second-order valence-electron chi connectivity index (χ2n) is 6.54. The van der Waals surface area contributed by atoms with Crippen molar-refractivity contribution < 1.29 is 14.7 Å². The zero-order chi connectivity index (χ0) is 19.8. The van der Waals surface area contributed by atoms with E-state index in [9.17, 15) is 19.5 Å². The lowest BCUT2D eigenvalue weighted by Crippen LogP contribution is -2.29. The van der Waals surface area contributed by atoms with Gasteiger partial charge in [0, 0.05) is 13.1 Å². The minimum atomic E-state index is -0.552. The first kappa shape index (κ1) is 18.1. The van der Waals surface area contributed by atoms with Crippen LogP contribution < -0.4 is 11.3 Å². The molecule has 1 saturated heterocycles. The Morgan fingerprint density at radius 1 is 1.29 bits per heavy atom. The van der Waals surface area contributed by atoms with E-state index >= 15 is 0 Å². The van der Waals surface area contributed by atoms with Crippen LogP contribution in [-0.2, 0) is 16.0 Å². The van der Waals surface area contributed by atoms with Gasteiger partial charge in [-0.05, 0) is 36.6 Å². The summed E-state index contributed by atoms with van der Waals surface area (Å²) in [6.07, 6.45) is 7.51. The summed E-state index contributed by atoms with van der Waals surface area (Å²) in [5.74, 6) is -0.852. The summed E-state index contributed by atoms with van der Waals surface area (Å²) < 4.78 is 1.34. The highest BCUT2D eigenvalue weighted by atomic mass is 32.1. The van der Waals surface area contributed by atoms with E-state index in [4.69, 9.17) is 5.73 Å². The molecule has 9 nitrogen and oxygen atoms in total. The number of nitrogens with two attached hydrogens (primary N) is 1. The Morgan fingerprint density at radius 3 is 2.75 bits per heavy atom. The van der Waals surface area contributed by atoms with E-state index in [0.717, 1.165) is 37.3 Å². The van der Waals surface area contributed by atoms with Crippen molar-refractivity contribution in [2.45, 2.75) is 19.3 Å². The van der Waals surface area contributed by atoms with Crippen LogP contribution in [-0.4, -0.2) is 49.4 Å². The van der Waals surface area contributed by atoms with Crippen LogP contribution in [0.1, 0.15) is 23.4 Å². The van der Waals surface area contributed by atoms with Crippen LogP contribution in [0.2, 0.25) is 0 Å². The van der Waals surface area contributed by atoms with Crippen molar-refractivity contribution in [2.24, 2.45) is 0 Å². The monoisotopic (exact) mass is 399 g/mol. The fourth-order valence-corrected chi connectivity index (χ4v) is 4.01. The molecule has 0 saturated carbocycles. The van der Waals surface area contributed by atoms with E-state index in [-0.39, 0.29) is 23.7 Å². The number of hydrogen-bond donors (Lipinski definition) is 2. The van der Waals surface area contributed by atoms with Crippen molar-refractivity contribution in [3.63, 3.8) is 0 Å². The summed E-state index contributed by atoms with van der Waals surface area (Å²) in [6.45, 7) is 1.52. The number of allylic oxidation sites excluding steroid dienone is 4. The van der Waals surface area contributed by atoms with Crippen LogP contribution in [0.3, 0.4) is 0 Å². The molecule has 4 rings (SSSR count). The van der Waals surface area contributed by atoms with Gasteiger partial charge in [-0.2, -0.15) is 14.6 Å². The van der Waals surface area contributed by atoms with Gasteiger partial charge in [0.1, 0.15) is 10.8 Å². The van der Waals surface area contributed by atoms with Crippen LogP contribution in [0.15, 0.2) is 34.4 Å². The standard InChI is InChI=1S/C18H17N5O4S/c19-16-11(7-10-3-4-12(24)13(25)8-10)17(27)20-18-23(16)21-14(28-18)9-15(26)22-5-1-2-6-22/h3-4,7-8,25H,1-2,5-6,9,19H2/b10-7-. The van der Waals surface area contributed by atoms with Gasteiger partial charge in [-0.3, -0.25) is 14.4 Å². The fraction of sp³-hybridized carbons (Fsp3) is 0.278. The van der Waals surface area contributed by atoms with Crippen molar-refractivity contribution in [1.82, 2.24) is 19.5 Å². The maximum atomic E-state index is 12.4. The van der Waals surface area contributed by atoms with E-state index in [0.29, 0.717) is 15.5 Å². The molecular weight excluding hydrogens is 382 g/mol. The Hall–Kier alpha value is -3.27. The normalized spacial score (nSPS) is 18.3. The number of likely N-dealkylation sites (tertiary alicyclic amines) is 1. The Kier molecular flexibility index (Phi) is 4.55. The molecule has 0 radical (unpaired) electrons. The third kappa shape index (κ3) is 3.33. The van der Waals surface area contributed by atoms with Crippen molar-refractivity contribution in [3.05, 3.63) is 50.5 Å². The molecule has 1 aliphatic heterocycles. The van der Waals surface area contributed by atoms with Gasteiger partial charge in [-0.1, -0.05) is 17.4 Å². The highest BCUT2D eigenvalue weighted by Crippen LogP contribution is 2.21. The molecule has 1 aliphatic carbocycles. The Morgan fingerprint density at radius 2 is 2.04 bits per heavy atom. The minimum Gasteiger partial charge on any atom is -0.504 e. The van der Waals surface area contributed by atoms with E-state index in [1.807, 2.05) is 0 Å². The largest absolute Gasteiger partial charge is 0.504 e. The zero-order valence-electron chi connectivity index (χ0n) is 14.8. The van der Waals surface area contributed by atoms with Gasteiger partial charge in [0.25, 0.3) is 5.56 Å². The molecule has 0 atom stereocenters. The van der Waals surface area contributed by atoms with Crippen molar-refractivity contribution in [3.8, 4) is 0 Å².